The third kappa shape index (κ3) is 4.33. The van der Waals surface area contributed by atoms with E-state index in [9.17, 15) is 9.59 Å². The topological polar surface area (TPSA) is 125 Å². The summed E-state index contributed by atoms with van der Waals surface area (Å²) in [4.78, 5) is 30.2. The monoisotopic (exact) mass is 347 g/mol. The van der Waals surface area contributed by atoms with Crippen LogP contribution in [0.25, 0.3) is 0 Å². The molecule has 0 aliphatic heterocycles. The summed E-state index contributed by atoms with van der Waals surface area (Å²) in [5.41, 5.74) is 7.85. The summed E-state index contributed by atoms with van der Waals surface area (Å²) in [6.07, 6.45) is 2.14. The minimum Gasteiger partial charge on any atom is -0.384 e. The van der Waals surface area contributed by atoms with E-state index in [1.54, 1.807) is 26.0 Å². The summed E-state index contributed by atoms with van der Waals surface area (Å²) in [7, 11) is 0. The predicted molar refractivity (Wildman–Crippen MR) is 94.1 cm³/mol. The second kappa shape index (κ2) is 8.13. The summed E-state index contributed by atoms with van der Waals surface area (Å²) in [5, 5.41) is 11.8. The standard InChI is InChI=1S/C16H17N5O2.ClH/c1-9-12(10(2)20-16(23)13(9)7-17)4-6-15(22)21-11-3-5-14(18)19-8-11;/h3,5,8H,4,6H2,1-2H3,(H2,18,19)(H,20,23)(H,21,22);1H. The SMILES string of the molecule is Cc1[nH]c(=O)c(C#N)c(C)c1CCC(=O)Nc1ccc(N)nc1.Cl. The maximum atomic E-state index is 12.0. The van der Waals surface area contributed by atoms with Crippen LogP contribution in [-0.4, -0.2) is 15.9 Å². The smallest absolute Gasteiger partial charge is 0.266 e. The Morgan fingerprint density at radius 3 is 2.71 bits per heavy atom. The number of nitrogens with one attached hydrogen (secondary N) is 2. The summed E-state index contributed by atoms with van der Waals surface area (Å²) in [5.74, 6) is 0.201. The van der Waals surface area contributed by atoms with Crippen LogP contribution >= 0.6 is 12.4 Å². The molecule has 0 radical (unpaired) electrons. The normalized spacial score (nSPS) is 9.71. The van der Waals surface area contributed by atoms with Crippen molar-refractivity contribution in [1.29, 1.82) is 5.26 Å². The number of anilines is 2. The first-order chi connectivity index (χ1) is 10.9. The van der Waals surface area contributed by atoms with Crippen LogP contribution in [0.1, 0.15) is 28.8 Å². The number of halogens is 1. The van der Waals surface area contributed by atoms with Gasteiger partial charge < -0.3 is 16.0 Å². The van der Waals surface area contributed by atoms with E-state index in [2.05, 4.69) is 15.3 Å². The third-order valence-electron chi connectivity index (χ3n) is 3.59. The number of nitrogens with zero attached hydrogens (tertiary/aromatic N) is 2. The lowest BCUT2D eigenvalue weighted by molar-refractivity contribution is -0.116. The molecule has 0 spiro atoms. The summed E-state index contributed by atoms with van der Waals surface area (Å²) >= 11 is 0. The fourth-order valence-electron chi connectivity index (χ4n) is 2.36. The van der Waals surface area contributed by atoms with E-state index >= 15 is 0 Å². The number of hydrogen-bond acceptors (Lipinski definition) is 5. The quantitative estimate of drug-likeness (QED) is 0.778. The number of nitrogen functional groups attached to an aromatic ring is 1. The molecule has 2 aromatic heterocycles. The fraction of sp³-hybridized carbons (Fsp3) is 0.250. The molecule has 24 heavy (non-hydrogen) atoms. The first-order valence-corrected chi connectivity index (χ1v) is 7.06. The van der Waals surface area contributed by atoms with Gasteiger partial charge in [0.05, 0.1) is 11.9 Å². The second-order valence-electron chi connectivity index (χ2n) is 5.19. The van der Waals surface area contributed by atoms with E-state index in [0.717, 1.165) is 5.56 Å². The van der Waals surface area contributed by atoms with Crippen molar-refractivity contribution in [3.63, 3.8) is 0 Å². The van der Waals surface area contributed by atoms with E-state index in [4.69, 9.17) is 11.0 Å². The summed E-state index contributed by atoms with van der Waals surface area (Å²) in [6, 6.07) is 5.17. The lowest BCUT2D eigenvalue weighted by Gasteiger charge is -2.11. The van der Waals surface area contributed by atoms with Gasteiger partial charge in [0.1, 0.15) is 17.5 Å². The van der Waals surface area contributed by atoms with Gasteiger partial charge in [-0.25, -0.2) is 4.98 Å². The molecule has 0 bridgehead atoms. The molecule has 2 rings (SSSR count). The maximum absolute atomic E-state index is 12.0. The van der Waals surface area contributed by atoms with Gasteiger partial charge in [-0.1, -0.05) is 0 Å². The Kier molecular flexibility index (Phi) is 6.50. The largest absolute Gasteiger partial charge is 0.384 e. The Labute approximate surface area is 145 Å². The molecule has 126 valence electrons. The van der Waals surface area contributed by atoms with Crippen LogP contribution in [0.2, 0.25) is 0 Å². The summed E-state index contributed by atoms with van der Waals surface area (Å²) in [6.45, 7) is 3.48. The van der Waals surface area contributed by atoms with Crippen LogP contribution in [-0.2, 0) is 11.2 Å². The number of rotatable bonds is 4. The number of pyridine rings is 2. The van der Waals surface area contributed by atoms with Crippen LogP contribution in [0.4, 0.5) is 11.5 Å². The summed E-state index contributed by atoms with van der Waals surface area (Å²) < 4.78 is 0. The zero-order valence-corrected chi connectivity index (χ0v) is 14.2. The highest BCUT2D eigenvalue weighted by molar-refractivity contribution is 5.90. The van der Waals surface area contributed by atoms with Crippen molar-refractivity contribution >= 4 is 29.8 Å². The Balaban J connectivity index is 0.00000288. The molecular weight excluding hydrogens is 330 g/mol. The van der Waals surface area contributed by atoms with Gasteiger partial charge in [0.15, 0.2) is 0 Å². The van der Waals surface area contributed by atoms with Crippen molar-refractivity contribution < 1.29 is 4.79 Å². The second-order valence-corrected chi connectivity index (χ2v) is 5.19. The number of aromatic amines is 1. The van der Waals surface area contributed by atoms with Gasteiger partial charge >= 0.3 is 0 Å². The molecule has 0 saturated carbocycles. The van der Waals surface area contributed by atoms with Gasteiger partial charge in [0.2, 0.25) is 5.91 Å². The van der Waals surface area contributed by atoms with Gasteiger partial charge in [0.25, 0.3) is 5.56 Å². The Morgan fingerprint density at radius 1 is 1.42 bits per heavy atom. The highest BCUT2D eigenvalue weighted by atomic mass is 35.5. The molecule has 0 atom stereocenters. The molecule has 2 heterocycles. The van der Waals surface area contributed by atoms with Crippen molar-refractivity contribution in [3.05, 3.63) is 51.1 Å². The fourth-order valence-corrected chi connectivity index (χ4v) is 2.36. The number of carbonyl (C=O) groups excluding carboxylic acids is 1. The van der Waals surface area contributed by atoms with Crippen molar-refractivity contribution in [2.75, 3.05) is 11.1 Å². The molecule has 4 N–H and O–H groups in total. The van der Waals surface area contributed by atoms with E-state index in [1.165, 1.54) is 6.20 Å². The van der Waals surface area contributed by atoms with Gasteiger partial charge in [-0.2, -0.15) is 5.26 Å². The van der Waals surface area contributed by atoms with Crippen LogP contribution in [0.5, 0.6) is 0 Å². The van der Waals surface area contributed by atoms with Crippen LogP contribution in [0.15, 0.2) is 23.1 Å². The molecule has 8 heteroatoms. The molecule has 1 amide bonds. The molecule has 0 unspecified atom stereocenters. The van der Waals surface area contributed by atoms with E-state index in [1.807, 2.05) is 6.07 Å². The molecule has 0 aliphatic rings. The molecule has 0 aliphatic carbocycles. The van der Waals surface area contributed by atoms with Crippen LogP contribution < -0.4 is 16.6 Å². The van der Waals surface area contributed by atoms with Crippen molar-refractivity contribution in [1.82, 2.24) is 9.97 Å². The Bertz CT molecular complexity index is 837. The van der Waals surface area contributed by atoms with E-state index in [-0.39, 0.29) is 30.3 Å². The highest BCUT2D eigenvalue weighted by Crippen LogP contribution is 2.15. The van der Waals surface area contributed by atoms with Crippen molar-refractivity contribution in [2.24, 2.45) is 0 Å². The van der Waals surface area contributed by atoms with Crippen molar-refractivity contribution in [3.8, 4) is 6.07 Å². The minimum atomic E-state index is -0.399. The minimum absolute atomic E-state index is 0. The van der Waals surface area contributed by atoms with Gasteiger partial charge in [-0.3, -0.25) is 9.59 Å². The predicted octanol–water partition coefficient (Wildman–Crippen LogP) is 1.83. The number of nitrogens with two attached hydrogens (primary N) is 1. The van der Waals surface area contributed by atoms with Gasteiger partial charge in [-0.05, 0) is 43.5 Å². The number of carbonyl (C=O) groups is 1. The Morgan fingerprint density at radius 2 is 2.12 bits per heavy atom. The molecule has 2 aromatic rings. The molecule has 0 saturated heterocycles. The highest BCUT2D eigenvalue weighted by Gasteiger charge is 2.13. The zero-order valence-electron chi connectivity index (χ0n) is 13.3. The molecule has 0 fully saturated rings. The number of nitriles is 1. The number of aromatic nitrogens is 2. The van der Waals surface area contributed by atoms with E-state index < -0.39 is 5.56 Å². The average molecular weight is 348 g/mol. The average Bonchev–Trinajstić information content (AvgIpc) is 2.49. The first kappa shape index (κ1) is 19.2. The lowest BCUT2D eigenvalue weighted by atomic mass is 9.99. The van der Waals surface area contributed by atoms with Gasteiger partial charge in [-0.15, -0.1) is 12.4 Å². The molecule has 7 nitrogen and oxygen atoms in total. The first-order valence-electron chi connectivity index (χ1n) is 7.06. The van der Waals surface area contributed by atoms with Gasteiger partial charge in [0, 0.05) is 12.1 Å². The van der Waals surface area contributed by atoms with Crippen molar-refractivity contribution in [2.45, 2.75) is 26.7 Å². The third-order valence-corrected chi connectivity index (χ3v) is 3.59. The molecule has 0 aromatic carbocycles. The number of amides is 1. The maximum Gasteiger partial charge on any atom is 0.266 e. The zero-order chi connectivity index (χ0) is 17.0. The van der Waals surface area contributed by atoms with E-state index in [0.29, 0.717) is 29.2 Å². The Hall–Kier alpha value is -2.85. The lowest BCUT2D eigenvalue weighted by Crippen LogP contribution is -2.18. The van der Waals surface area contributed by atoms with Crippen LogP contribution in [0.3, 0.4) is 0 Å². The number of hydrogen-bond donors (Lipinski definition) is 3. The van der Waals surface area contributed by atoms with Crippen LogP contribution in [0, 0.1) is 25.2 Å². The number of H-pyrrole nitrogens is 1. The number of aryl methyl sites for hydroxylation is 1. The molecular formula is C16H18ClN5O2.